The molecule has 6 fully saturated rings. The van der Waals surface area contributed by atoms with Crippen LogP contribution in [0.15, 0.2) is 35.5 Å². The van der Waals surface area contributed by atoms with E-state index in [0.717, 1.165) is 53.6 Å². The first-order valence-electron chi connectivity index (χ1n) is 13.3. The largest absolute Gasteiger partial charge is 0.392 e. The second kappa shape index (κ2) is 9.65. The zero-order valence-corrected chi connectivity index (χ0v) is 21.4. The van der Waals surface area contributed by atoms with Crippen LogP contribution in [0, 0.1) is 45.8 Å². The van der Waals surface area contributed by atoms with Crippen LogP contribution in [0.25, 0.3) is 0 Å². The Bertz CT molecular complexity index is 779. The van der Waals surface area contributed by atoms with E-state index < -0.39 is 0 Å². The molecular weight excluding hydrogens is 404 g/mol. The molecule has 2 heteroatoms. The molecule has 6 bridgehead atoms. The molecular formula is C31H52O2. The van der Waals surface area contributed by atoms with Crippen LogP contribution in [0.2, 0.25) is 0 Å². The van der Waals surface area contributed by atoms with Gasteiger partial charge in [0, 0.05) is 0 Å². The molecule has 0 aliphatic heterocycles. The lowest BCUT2D eigenvalue weighted by Gasteiger charge is -2.36. The van der Waals surface area contributed by atoms with Gasteiger partial charge in [0.05, 0.1) is 13.2 Å². The molecule has 6 aliphatic carbocycles. The summed E-state index contributed by atoms with van der Waals surface area (Å²) >= 11 is 0. The van der Waals surface area contributed by atoms with E-state index in [9.17, 15) is 0 Å². The molecule has 6 rings (SSSR count). The van der Waals surface area contributed by atoms with Crippen LogP contribution in [0.5, 0.6) is 0 Å². The maximum atomic E-state index is 8.99. The Kier molecular flexibility index (Phi) is 7.82. The SMILES string of the molecule is C.C/C(=C/CC[C@]1(C)C2CC3[C@H](C2)C31C)CO.C=C1[C@H]2CC[C@H](C2)[C@]1(C)CC/C=C(/C)CO. The first kappa shape index (κ1) is 26.7. The van der Waals surface area contributed by atoms with Crippen molar-refractivity contribution in [3.8, 4) is 0 Å². The van der Waals surface area contributed by atoms with Gasteiger partial charge in [-0.1, -0.05) is 63.6 Å². The number of aliphatic hydroxyl groups excluding tert-OH is 2. The van der Waals surface area contributed by atoms with E-state index in [0.29, 0.717) is 16.2 Å². The fraction of sp³-hybridized carbons (Fsp3) is 0.806. The highest BCUT2D eigenvalue weighted by Crippen LogP contribution is 2.87. The van der Waals surface area contributed by atoms with Crippen molar-refractivity contribution in [1.82, 2.24) is 0 Å². The smallest absolute Gasteiger partial charge is 0.0639 e. The molecule has 6 aliphatic rings. The number of fused-ring (bicyclic) bond motifs is 2. The molecule has 0 aromatic rings. The minimum Gasteiger partial charge on any atom is -0.392 e. The van der Waals surface area contributed by atoms with E-state index in [1.54, 1.807) is 0 Å². The zero-order valence-electron chi connectivity index (χ0n) is 21.4. The second-order valence-corrected chi connectivity index (χ2v) is 12.7. The van der Waals surface area contributed by atoms with Gasteiger partial charge in [0.25, 0.3) is 0 Å². The molecule has 3 unspecified atom stereocenters. The third-order valence-electron chi connectivity index (χ3n) is 11.5. The molecule has 0 aromatic carbocycles. The van der Waals surface area contributed by atoms with Crippen LogP contribution >= 0.6 is 0 Å². The van der Waals surface area contributed by atoms with Crippen LogP contribution < -0.4 is 0 Å². The topological polar surface area (TPSA) is 40.5 Å². The highest BCUT2D eigenvalue weighted by atomic mass is 16.3. The summed E-state index contributed by atoms with van der Waals surface area (Å²) in [6.07, 6.45) is 16.4. The molecule has 2 nitrogen and oxygen atoms in total. The Morgan fingerprint density at radius 1 is 0.879 bits per heavy atom. The van der Waals surface area contributed by atoms with Crippen molar-refractivity contribution in [1.29, 1.82) is 0 Å². The predicted octanol–water partition coefficient (Wildman–Crippen LogP) is 7.72. The van der Waals surface area contributed by atoms with Gasteiger partial charge >= 0.3 is 0 Å². The number of rotatable bonds is 8. The van der Waals surface area contributed by atoms with Crippen molar-refractivity contribution in [2.75, 3.05) is 13.2 Å². The van der Waals surface area contributed by atoms with E-state index in [1.165, 1.54) is 50.5 Å². The van der Waals surface area contributed by atoms with Crippen molar-refractivity contribution < 1.29 is 10.2 Å². The van der Waals surface area contributed by atoms with Crippen LogP contribution in [-0.4, -0.2) is 23.4 Å². The second-order valence-electron chi connectivity index (χ2n) is 12.7. The summed E-state index contributed by atoms with van der Waals surface area (Å²) in [4.78, 5) is 0. The Hall–Kier alpha value is -0.860. The van der Waals surface area contributed by atoms with Crippen LogP contribution in [0.1, 0.15) is 99.8 Å². The molecule has 0 heterocycles. The lowest BCUT2D eigenvalue weighted by molar-refractivity contribution is 0.154. The molecule has 33 heavy (non-hydrogen) atoms. The minimum absolute atomic E-state index is 0. The first-order valence-corrected chi connectivity index (χ1v) is 13.3. The molecule has 6 saturated carbocycles. The Morgan fingerprint density at radius 2 is 1.42 bits per heavy atom. The monoisotopic (exact) mass is 456 g/mol. The number of hydrogen-bond acceptors (Lipinski definition) is 2. The minimum atomic E-state index is 0. The van der Waals surface area contributed by atoms with Gasteiger partial charge in [-0.3, -0.25) is 0 Å². The fourth-order valence-corrected chi connectivity index (χ4v) is 8.84. The summed E-state index contributed by atoms with van der Waals surface area (Å²) in [5, 5.41) is 18.0. The van der Waals surface area contributed by atoms with Gasteiger partial charge in [-0.15, -0.1) is 0 Å². The standard InChI is InChI=1S/2C15H24O.CH4/c1-10(9-16)5-4-6-14(2)11-7-12-13(8-11)15(12,14)3;1-11(10-16)5-4-8-15(3)12(2)13-6-7-14(15)9-13;/h5,11-13,16H,4,6-9H2,1-3H3;5,13-14,16H,2,4,6-10H2,1,3H3;1H4/b10-5-;11-5-;/t11?,12-,13?,14+,15?;13-,14+,15+;/m00./s1. The first-order chi connectivity index (χ1) is 15.1. The van der Waals surface area contributed by atoms with Crippen LogP contribution in [0.3, 0.4) is 0 Å². The summed E-state index contributed by atoms with van der Waals surface area (Å²) in [6, 6.07) is 0. The highest BCUT2D eigenvalue weighted by molar-refractivity contribution is 5.29. The van der Waals surface area contributed by atoms with Crippen molar-refractivity contribution >= 4 is 0 Å². The summed E-state index contributed by atoms with van der Waals surface area (Å²) in [5.74, 6) is 4.86. The predicted molar refractivity (Wildman–Crippen MR) is 141 cm³/mol. The Labute approximate surface area is 204 Å². The Morgan fingerprint density at radius 3 is 1.85 bits per heavy atom. The average molecular weight is 457 g/mol. The fourth-order valence-electron chi connectivity index (χ4n) is 8.84. The maximum absolute atomic E-state index is 8.99. The molecule has 0 spiro atoms. The normalized spacial score (nSPS) is 44.6. The average Bonchev–Trinajstić information content (AvgIpc) is 3.36. The molecule has 0 radical (unpaired) electrons. The zero-order chi connectivity index (χ0) is 23.3. The summed E-state index contributed by atoms with van der Waals surface area (Å²) in [5.41, 5.74) is 5.42. The van der Waals surface area contributed by atoms with Gasteiger partial charge in [0.2, 0.25) is 0 Å². The molecule has 2 N–H and O–H groups in total. The summed E-state index contributed by atoms with van der Waals surface area (Å²) in [7, 11) is 0. The molecule has 188 valence electrons. The van der Waals surface area contributed by atoms with Crippen molar-refractivity contribution in [2.45, 2.75) is 99.8 Å². The van der Waals surface area contributed by atoms with E-state index in [2.05, 4.69) is 39.5 Å². The lowest BCUT2D eigenvalue weighted by atomic mass is 9.69. The summed E-state index contributed by atoms with van der Waals surface area (Å²) in [6.45, 7) is 16.3. The summed E-state index contributed by atoms with van der Waals surface area (Å²) < 4.78 is 0. The number of aliphatic hydroxyl groups is 2. The van der Waals surface area contributed by atoms with Gasteiger partial charge < -0.3 is 10.2 Å². The maximum Gasteiger partial charge on any atom is 0.0639 e. The number of hydrogen-bond donors (Lipinski definition) is 2. The van der Waals surface area contributed by atoms with Crippen molar-refractivity contribution in [3.63, 3.8) is 0 Å². The lowest BCUT2D eigenvalue weighted by Crippen LogP contribution is -2.26. The molecule has 0 amide bonds. The quantitative estimate of drug-likeness (QED) is 0.367. The van der Waals surface area contributed by atoms with Gasteiger partial charge in [0.15, 0.2) is 0 Å². The van der Waals surface area contributed by atoms with Crippen molar-refractivity contribution in [2.24, 2.45) is 45.8 Å². The van der Waals surface area contributed by atoms with Gasteiger partial charge in [0.1, 0.15) is 0 Å². The van der Waals surface area contributed by atoms with Gasteiger partial charge in [-0.2, -0.15) is 0 Å². The molecule has 0 saturated heterocycles. The van der Waals surface area contributed by atoms with Crippen LogP contribution in [-0.2, 0) is 0 Å². The Balaban J connectivity index is 0.000000180. The van der Waals surface area contributed by atoms with Crippen LogP contribution in [0.4, 0.5) is 0 Å². The number of allylic oxidation sites excluding steroid dienone is 3. The van der Waals surface area contributed by atoms with Crippen molar-refractivity contribution in [3.05, 3.63) is 35.5 Å². The van der Waals surface area contributed by atoms with E-state index in [4.69, 9.17) is 10.2 Å². The third kappa shape index (κ3) is 4.22. The van der Waals surface area contributed by atoms with Gasteiger partial charge in [-0.25, -0.2) is 0 Å². The van der Waals surface area contributed by atoms with E-state index in [-0.39, 0.29) is 20.6 Å². The van der Waals surface area contributed by atoms with Gasteiger partial charge in [-0.05, 0) is 117 Å². The van der Waals surface area contributed by atoms with E-state index in [1.807, 2.05) is 13.8 Å². The molecule has 8 atom stereocenters. The highest BCUT2D eigenvalue weighted by Gasteiger charge is 2.80. The molecule has 0 aromatic heterocycles. The van der Waals surface area contributed by atoms with E-state index >= 15 is 0 Å². The third-order valence-corrected chi connectivity index (χ3v) is 11.5.